The first-order valence-corrected chi connectivity index (χ1v) is 25.6. The van der Waals surface area contributed by atoms with Gasteiger partial charge in [-0.25, -0.2) is 0 Å². The molecule has 4 amide bonds. The summed E-state index contributed by atoms with van der Waals surface area (Å²) in [4.78, 5) is 89.6. The Kier molecular flexibility index (Phi) is 16.6. The van der Waals surface area contributed by atoms with E-state index >= 15 is 0 Å². The van der Waals surface area contributed by atoms with E-state index in [9.17, 15) is 28.8 Å². The third-order valence-electron chi connectivity index (χ3n) is 15.8. The zero-order valence-electron chi connectivity index (χ0n) is 40.7. The molecule has 13 heteroatoms. The Labute approximate surface area is 393 Å². The minimum Gasteiger partial charge on any atom is -0.368 e. The molecule has 360 valence electrons. The van der Waals surface area contributed by atoms with Gasteiger partial charge in [0, 0.05) is 75.3 Å². The largest absolute Gasteiger partial charge is 0.368 e. The summed E-state index contributed by atoms with van der Waals surface area (Å²) < 4.78 is 0. The maximum Gasteiger partial charge on any atom is 0.245 e. The van der Waals surface area contributed by atoms with Crippen molar-refractivity contribution in [1.29, 1.82) is 0 Å². The quantitative estimate of drug-likeness (QED) is 0.154. The number of likely N-dealkylation sites (tertiary alicyclic amines) is 2. The molecule has 5 aliphatic rings. The number of rotatable bonds is 18. The van der Waals surface area contributed by atoms with E-state index in [1.807, 2.05) is 34.6 Å². The molecule has 66 heavy (non-hydrogen) atoms. The van der Waals surface area contributed by atoms with E-state index in [4.69, 9.17) is 0 Å². The van der Waals surface area contributed by atoms with Crippen LogP contribution in [0.5, 0.6) is 0 Å². The Morgan fingerprint density at radius 2 is 1.26 bits per heavy atom. The van der Waals surface area contributed by atoms with Crippen LogP contribution in [0, 0.1) is 11.8 Å². The third kappa shape index (κ3) is 10.7. The van der Waals surface area contributed by atoms with Crippen molar-refractivity contribution >= 4 is 46.6 Å². The van der Waals surface area contributed by atoms with Crippen LogP contribution < -0.4 is 25.8 Å². The van der Waals surface area contributed by atoms with Gasteiger partial charge in [0.2, 0.25) is 23.6 Å². The fraction of sp³-hybridized carbons (Fsp3) is 0.660. The molecule has 0 radical (unpaired) electrons. The minimum atomic E-state index is -0.636. The molecule has 1 unspecified atom stereocenters. The number of Topliss-reactive ketones (excluding diaryl/α,β-unsaturated/α-hetero) is 2. The van der Waals surface area contributed by atoms with Gasteiger partial charge in [-0.2, -0.15) is 0 Å². The predicted octanol–water partition coefficient (Wildman–Crippen LogP) is 6.40. The minimum absolute atomic E-state index is 0.0295. The van der Waals surface area contributed by atoms with Gasteiger partial charge in [-0.3, -0.25) is 28.8 Å². The molecule has 2 aromatic rings. The molecule has 0 bridgehead atoms. The number of amides is 4. The van der Waals surface area contributed by atoms with E-state index in [1.165, 1.54) is 33.6 Å². The number of fused-ring (bicyclic) bond motifs is 2. The molecule has 3 heterocycles. The topological polar surface area (TPSA) is 151 Å². The van der Waals surface area contributed by atoms with E-state index in [-0.39, 0.29) is 65.5 Å². The van der Waals surface area contributed by atoms with E-state index in [1.54, 1.807) is 16.8 Å². The Bertz CT molecular complexity index is 1940. The standard InChI is InChI=1S/C53H77N7O6/c1-7-34(4)50(63)55-42(9-3)53(66)60-27-15-25-47(60)51(64)56-43-21-11-20-41-39(43)18-13-23-45(41)58-30-28-57(29-31-58)44-22-12-17-38-37(16-10-19-40(38)44)33-49(62)46-24-14-26-59(46)52(65)36(8-2)32-48(61)35(5)54-6/h12-13,17-18,22-23,34-37,42-43,46-47,54H,7-11,14-16,19-21,24-33H2,1-6H3,(H,55,63)(H,56,64)/t34-,35+,36-,37+,42+,43-,46+,47?/m1/s1. The molecule has 7 rings (SSSR count). The van der Waals surface area contributed by atoms with Crippen LogP contribution >= 0.6 is 0 Å². The van der Waals surface area contributed by atoms with Crippen molar-refractivity contribution in [3.63, 3.8) is 0 Å². The fourth-order valence-electron chi connectivity index (χ4n) is 11.5. The van der Waals surface area contributed by atoms with Crippen molar-refractivity contribution < 1.29 is 28.8 Å². The molecule has 3 N–H and O–H groups in total. The van der Waals surface area contributed by atoms with Gasteiger partial charge in [0.25, 0.3) is 0 Å². The Balaban J connectivity index is 0.974. The molecule has 0 saturated carbocycles. The maximum absolute atomic E-state index is 14.1. The predicted molar refractivity (Wildman–Crippen MR) is 260 cm³/mol. The molecule has 2 aromatic carbocycles. The number of piperazine rings is 1. The SMILES string of the molecule is CC[C@H](CC(=O)[C@H](C)NC)C(=O)N1CCC[C@H]1C(=O)C[C@@H]1CCCc2c1cccc2N1CCN(c2cccc3c2CCC[C@H]3NC(=O)C2CCCN2C(=O)[C@H](CC)NC(=O)[C@H](C)CC)CC1. The average Bonchev–Trinajstić information content (AvgIpc) is 4.05. The first-order chi connectivity index (χ1) is 31.9. The molecule has 0 spiro atoms. The van der Waals surface area contributed by atoms with Gasteiger partial charge in [-0.15, -0.1) is 0 Å². The lowest BCUT2D eigenvalue weighted by Gasteiger charge is -2.41. The monoisotopic (exact) mass is 908 g/mol. The molecule has 8 atom stereocenters. The van der Waals surface area contributed by atoms with Crippen molar-refractivity contribution in [2.45, 2.75) is 167 Å². The summed E-state index contributed by atoms with van der Waals surface area (Å²) in [5, 5.41) is 9.31. The first-order valence-electron chi connectivity index (χ1n) is 25.6. The highest BCUT2D eigenvalue weighted by Gasteiger charge is 2.41. The third-order valence-corrected chi connectivity index (χ3v) is 15.8. The Hall–Kier alpha value is -4.78. The van der Waals surface area contributed by atoms with Crippen LogP contribution in [0.2, 0.25) is 0 Å². The lowest BCUT2D eigenvalue weighted by atomic mass is 9.78. The fourth-order valence-corrected chi connectivity index (χ4v) is 11.5. The number of nitrogens with one attached hydrogen (secondary N) is 3. The number of hydrogen-bond donors (Lipinski definition) is 3. The number of carbonyl (C=O) groups is 6. The smallest absolute Gasteiger partial charge is 0.245 e. The van der Waals surface area contributed by atoms with Gasteiger partial charge in [0.05, 0.1) is 18.1 Å². The number of carbonyl (C=O) groups excluding carboxylic acids is 6. The van der Waals surface area contributed by atoms with Crippen LogP contribution in [0.4, 0.5) is 11.4 Å². The Morgan fingerprint density at radius 1 is 0.667 bits per heavy atom. The number of hydrogen-bond acceptors (Lipinski definition) is 9. The number of nitrogens with zero attached hydrogens (tertiary/aromatic N) is 4. The van der Waals surface area contributed by atoms with Crippen molar-refractivity contribution in [2.24, 2.45) is 11.8 Å². The van der Waals surface area contributed by atoms with Crippen molar-refractivity contribution in [3.05, 3.63) is 58.7 Å². The highest BCUT2D eigenvalue weighted by Crippen LogP contribution is 2.41. The van der Waals surface area contributed by atoms with Gasteiger partial charge in [0.1, 0.15) is 17.9 Å². The van der Waals surface area contributed by atoms with E-state index in [0.717, 1.165) is 77.5 Å². The highest BCUT2D eigenvalue weighted by molar-refractivity contribution is 5.94. The summed E-state index contributed by atoms with van der Waals surface area (Å²) in [6.45, 7) is 14.1. The zero-order chi connectivity index (χ0) is 47.1. The second-order valence-corrected chi connectivity index (χ2v) is 19.8. The van der Waals surface area contributed by atoms with Gasteiger partial charge in [-0.05, 0) is 138 Å². The van der Waals surface area contributed by atoms with Crippen molar-refractivity contribution in [3.8, 4) is 0 Å². The molecular weight excluding hydrogens is 831 g/mol. The average molecular weight is 908 g/mol. The molecule has 2 aliphatic carbocycles. The summed E-state index contributed by atoms with van der Waals surface area (Å²) >= 11 is 0. The number of likely N-dealkylation sites (N-methyl/N-ethyl adjacent to an activating group) is 1. The van der Waals surface area contributed by atoms with Crippen LogP contribution in [0.25, 0.3) is 0 Å². The van der Waals surface area contributed by atoms with Gasteiger partial charge in [0.15, 0.2) is 5.78 Å². The second-order valence-electron chi connectivity index (χ2n) is 19.8. The van der Waals surface area contributed by atoms with Crippen LogP contribution in [-0.4, -0.2) is 115 Å². The van der Waals surface area contributed by atoms with E-state index in [0.29, 0.717) is 51.6 Å². The van der Waals surface area contributed by atoms with Crippen LogP contribution in [0.15, 0.2) is 36.4 Å². The zero-order valence-corrected chi connectivity index (χ0v) is 40.7. The number of ketones is 2. The van der Waals surface area contributed by atoms with Gasteiger partial charge in [-0.1, -0.05) is 52.0 Å². The lowest BCUT2D eigenvalue weighted by molar-refractivity contribution is -0.142. The summed E-state index contributed by atoms with van der Waals surface area (Å²) in [6.07, 6.45) is 11.0. The molecule has 3 aliphatic heterocycles. The Morgan fingerprint density at radius 3 is 1.86 bits per heavy atom. The second kappa shape index (κ2) is 22.3. The summed E-state index contributed by atoms with van der Waals surface area (Å²) in [5.74, 6) is -0.732. The molecule has 3 fully saturated rings. The summed E-state index contributed by atoms with van der Waals surface area (Å²) in [7, 11) is 1.76. The van der Waals surface area contributed by atoms with E-state index in [2.05, 4.69) is 62.1 Å². The molecular formula is C53H77N7O6. The van der Waals surface area contributed by atoms with Gasteiger partial charge < -0.3 is 35.6 Å². The summed E-state index contributed by atoms with van der Waals surface area (Å²) in [6, 6.07) is 11.1. The molecule has 13 nitrogen and oxygen atoms in total. The van der Waals surface area contributed by atoms with Crippen LogP contribution in [0.3, 0.4) is 0 Å². The molecule has 0 aromatic heterocycles. The lowest BCUT2D eigenvalue weighted by Crippen LogP contribution is -2.54. The normalized spacial score (nSPS) is 23.6. The van der Waals surface area contributed by atoms with Crippen molar-refractivity contribution in [2.75, 3.05) is 56.1 Å². The summed E-state index contributed by atoms with van der Waals surface area (Å²) in [5.41, 5.74) is 7.61. The van der Waals surface area contributed by atoms with Gasteiger partial charge >= 0.3 is 0 Å². The molecule has 3 saturated heterocycles. The van der Waals surface area contributed by atoms with Crippen molar-refractivity contribution in [1.82, 2.24) is 25.8 Å². The van der Waals surface area contributed by atoms with Crippen LogP contribution in [0.1, 0.15) is 152 Å². The first kappa shape index (κ1) is 49.1. The van der Waals surface area contributed by atoms with E-state index < -0.39 is 24.0 Å². The maximum atomic E-state index is 14.1. The van der Waals surface area contributed by atoms with Crippen LogP contribution in [-0.2, 0) is 41.6 Å². The number of anilines is 2. The number of benzene rings is 2. The highest BCUT2D eigenvalue weighted by atomic mass is 16.2.